The molecule has 15 nitrogen and oxygen atoms in total. The Morgan fingerprint density at radius 3 is 1.24 bits per heavy atom. The minimum Gasteiger partial charge on any atom is -0.467 e. The fourth-order valence-corrected chi connectivity index (χ4v) is 10.9. The molecule has 4 aromatic rings. The van der Waals surface area contributed by atoms with Gasteiger partial charge in [0.05, 0.1) is 45.4 Å². The van der Waals surface area contributed by atoms with Crippen LogP contribution in [0.2, 0.25) is 20.1 Å². The van der Waals surface area contributed by atoms with Gasteiger partial charge in [-0.15, -0.1) is 0 Å². The number of unbranched alkanes of at least 4 members (excludes halogenated alkanes) is 2. The Balaban J connectivity index is 0.000000278. The number of benzene rings is 4. The van der Waals surface area contributed by atoms with Crippen molar-refractivity contribution in [1.29, 1.82) is 0 Å². The van der Waals surface area contributed by atoms with Crippen molar-refractivity contribution < 1.29 is 43.0 Å². The van der Waals surface area contributed by atoms with E-state index < -0.39 is 46.7 Å². The molecule has 6 rings (SSSR count). The first-order chi connectivity index (χ1) is 35.9. The highest BCUT2D eigenvalue weighted by molar-refractivity contribution is 6.41. The second-order valence-electron chi connectivity index (χ2n) is 19.2. The predicted octanol–water partition coefficient (Wildman–Crippen LogP) is 10.4. The first-order valence-electron chi connectivity index (χ1n) is 25.4. The second kappa shape index (κ2) is 29.6. The average molecular weight is 1110 g/mol. The predicted molar refractivity (Wildman–Crippen MR) is 294 cm³/mol. The Bertz CT molecular complexity index is 2560. The summed E-state index contributed by atoms with van der Waals surface area (Å²) >= 11 is 24.5. The zero-order chi connectivity index (χ0) is 54.5. The molecule has 4 aromatic carbocycles. The van der Waals surface area contributed by atoms with E-state index in [-0.39, 0.29) is 61.8 Å². The molecule has 2 saturated carbocycles. The number of halogens is 4. The molecule has 0 bridgehead atoms. The quantitative estimate of drug-likeness (QED) is 0.0304. The molecule has 2 aliphatic rings. The standard InChI is InChI=1S/C29H35Cl2N3O5.C27H33Cl2N3O4/c1-19(35)32-17-6-5-16-29(14-3-4-15-29)28(38)34-24(27(37)39-2)18-20-10-12-21(13-11-20)33-26(36)25-22(30)8-7-9-23(25)31;1-36-25(34)22(32-26(35)27(13-2-3-14-27)15-4-5-16-30)17-18-9-11-19(12-10-18)31-24(33)23-20(28)7-6-8-21(23)29/h7-13,24H,3-6,14-18H2,1-2H3,(H,32,35)(H,33,36)(H,34,38);6-12,22H,2-5,13-17,30H2,1H3,(H,31,33)(H,32,35)/t24-;22-/m00/s1. The molecule has 2 fully saturated rings. The fraction of sp³-hybridized carbons (Fsp3) is 0.446. The molecular formula is C56H68Cl4N6O9. The van der Waals surface area contributed by atoms with Crippen LogP contribution < -0.4 is 32.3 Å². The van der Waals surface area contributed by atoms with E-state index in [1.807, 2.05) is 0 Å². The zero-order valence-corrected chi connectivity index (χ0v) is 45.8. The van der Waals surface area contributed by atoms with E-state index in [1.165, 1.54) is 21.1 Å². The van der Waals surface area contributed by atoms with Gasteiger partial charge < -0.3 is 41.8 Å². The molecule has 7 N–H and O–H groups in total. The van der Waals surface area contributed by atoms with Crippen LogP contribution in [-0.4, -0.2) is 80.9 Å². The van der Waals surface area contributed by atoms with Gasteiger partial charge in [0, 0.05) is 48.5 Å². The number of carbonyl (C=O) groups excluding carboxylic acids is 7. The van der Waals surface area contributed by atoms with Crippen LogP contribution in [0.1, 0.15) is 129 Å². The number of methoxy groups -OCH3 is 2. The summed E-state index contributed by atoms with van der Waals surface area (Å²) in [4.78, 5) is 88.3. The number of ether oxygens (including phenoxy) is 2. The van der Waals surface area contributed by atoms with E-state index in [1.54, 1.807) is 84.9 Å². The molecule has 0 heterocycles. The maximum absolute atomic E-state index is 13.5. The third-order valence-corrected chi connectivity index (χ3v) is 15.2. The number of esters is 2. The zero-order valence-electron chi connectivity index (χ0n) is 42.7. The third-order valence-electron chi connectivity index (χ3n) is 13.9. The lowest BCUT2D eigenvalue weighted by molar-refractivity contribution is -0.147. The lowest BCUT2D eigenvalue weighted by Gasteiger charge is -2.30. The normalized spacial score (nSPS) is 15.0. The molecule has 0 unspecified atom stereocenters. The van der Waals surface area contributed by atoms with Crippen molar-refractivity contribution in [2.75, 3.05) is 37.9 Å². The molecule has 75 heavy (non-hydrogen) atoms. The minimum atomic E-state index is -0.846. The smallest absolute Gasteiger partial charge is 0.328 e. The number of nitrogens with one attached hydrogen (secondary N) is 5. The van der Waals surface area contributed by atoms with Gasteiger partial charge >= 0.3 is 11.9 Å². The summed E-state index contributed by atoms with van der Waals surface area (Å²) in [6.07, 6.45) is 12.5. The van der Waals surface area contributed by atoms with E-state index in [2.05, 4.69) is 26.6 Å². The summed E-state index contributed by atoms with van der Waals surface area (Å²) < 4.78 is 9.96. The molecule has 0 spiro atoms. The highest BCUT2D eigenvalue weighted by Gasteiger charge is 2.43. The van der Waals surface area contributed by atoms with E-state index in [0.29, 0.717) is 30.9 Å². The van der Waals surface area contributed by atoms with Crippen molar-refractivity contribution in [2.45, 2.75) is 122 Å². The second-order valence-corrected chi connectivity index (χ2v) is 20.8. The Morgan fingerprint density at radius 2 is 0.907 bits per heavy atom. The van der Waals surface area contributed by atoms with Gasteiger partial charge in [0.25, 0.3) is 11.8 Å². The first-order valence-corrected chi connectivity index (χ1v) is 26.9. The summed E-state index contributed by atoms with van der Waals surface area (Å²) in [5.74, 6) is -2.16. The minimum absolute atomic E-state index is 0.0651. The molecule has 0 radical (unpaired) electrons. The summed E-state index contributed by atoms with van der Waals surface area (Å²) in [5, 5.41) is 15.3. The van der Waals surface area contributed by atoms with Gasteiger partial charge in [0.2, 0.25) is 17.7 Å². The van der Waals surface area contributed by atoms with Crippen LogP contribution in [0.15, 0.2) is 84.9 Å². The Kier molecular flexibility index (Phi) is 23.7. The van der Waals surface area contributed by atoms with Gasteiger partial charge in [-0.1, -0.05) is 121 Å². The number of carbonyl (C=O) groups is 7. The first kappa shape index (κ1) is 60.2. The van der Waals surface area contributed by atoms with Crippen LogP contribution >= 0.6 is 46.4 Å². The Morgan fingerprint density at radius 1 is 0.547 bits per heavy atom. The molecule has 404 valence electrons. The topological polar surface area (TPSA) is 224 Å². The van der Waals surface area contributed by atoms with Crippen molar-refractivity contribution in [3.63, 3.8) is 0 Å². The number of amides is 5. The summed E-state index contributed by atoms with van der Waals surface area (Å²) in [6.45, 7) is 2.67. The number of anilines is 2. The third kappa shape index (κ3) is 17.4. The SMILES string of the molecule is COC(=O)[C@H](Cc1ccc(NC(=O)c2c(Cl)cccc2Cl)cc1)NC(=O)C1(CCCCN)CCCC1.COC(=O)[C@H](Cc1ccc(NC(=O)c2c(Cl)cccc2Cl)cc1)NC(=O)C1(CCCCNC(C)=O)CCCC1. The van der Waals surface area contributed by atoms with Gasteiger partial charge in [0.1, 0.15) is 12.1 Å². The average Bonchev–Trinajstić information content (AvgIpc) is 4.08. The maximum atomic E-state index is 13.5. The van der Waals surface area contributed by atoms with E-state index in [0.717, 1.165) is 94.6 Å². The molecule has 0 saturated heterocycles. The molecule has 0 aromatic heterocycles. The van der Waals surface area contributed by atoms with Crippen LogP contribution in [0, 0.1) is 10.8 Å². The largest absolute Gasteiger partial charge is 0.467 e. The molecular weight excluding hydrogens is 1040 g/mol. The lowest BCUT2D eigenvalue weighted by Crippen LogP contribution is -2.49. The highest BCUT2D eigenvalue weighted by atomic mass is 35.5. The number of rotatable bonds is 23. The van der Waals surface area contributed by atoms with Gasteiger partial charge in [-0.25, -0.2) is 9.59 Å². The number of hydrogen-bond donors (Lipinski definition) is 6. The Hall–Kier alpha value is -5.71. The van der Waals surface area contributed by atoms with Crippen molar-refractivity contribution in [3.05, 3.63) is 127 Å². The Labute approximate surface area is 459 Å². The van der Waals surface area contributed by atoms with Crippen molar-refractivity contribution >= 4 is 99.3 Å². The highest BCUT2D eigenvalue weighted by Crippen LogP contribution is 2.44. The van der Waals surface area contributed by atoms with Crippen LogP contribution in [0.25, 0.3) is 0 Å². The van der Waals surface area contributed by atoms with E-state index >= 15 is 0 Å². The van der Waals surface area contributed by atoms with Crippen molar-refractivity contribution in [3.8, 4) is 0 Å². The number of nitrogens with two attached hydrogens (primary N) is 1. The van der Waals surface area contributed by atoms with E-state index in [9.17, 15) is 33.6 Å². The van der Waals surface area contributed by atoms with Crippen molar-refractivity contribution in [1.82, 2.24) is 16.0 Å². The summed E-state index contributed by atoms with van der Waals surface area (Å²) in [5.41, 5.74) is 7.73. The molecule has 0 aliphatic heterocycles. The maximum Gasteiger partial charge on any atom is 0.328 e. The summed E-state index contributed by atoms with van der Waals surface area (Å²) in [6, 6.07) is 22.1. The summed E-state index contributed by atoms with van der Waals surface area (Å²) in [7, 11) is 2.61. The lowest BCUT2D eigenvalue weighted by atomic mass is 9.79. The molecule has 5 amide bonds. The van der Waals surface area contributed by atoms with Crippen LogP contribution in [0.3, 0.4) is 0 Å². The molecule has 2 aliphatic carbocycles. The van der Waals surface area contributed by atoms with Crippen LogP contribution in [-0.2, 0) is 46.3 Å². The van der Waals surface area contributed by atoms with Gasteiger partial charge in [0.15, 0.2) is 0 Å². The van der Waals surface area contributed by atoms with E-state index in [4.69, 9.17) is 61.6 Å². The van der Waals surface area contributed by atoms with Gasteiger partial charge in [-0.2, -0.15) is 0 Å². The van der Waals surface area contributed by atoms with Crippen LogP contribution in [0.5, 0.6) is 0 Å². The van der Waals surface area contributed by atoms with Gasteiger partial charge in [-0.3, -0.25) is 24.0 Å². The molecule has 2 atom stereocenters. The van der Waals surface area contributed by atoms with Crippen molar-refractivity contribution in [2.24, 2.45) is 16.6 Å². The van der Waals surface area contributed by atoms with Crippen LogP contribution in [0.4, 0.5) is 11.4 Å². The molecule has 19 heteroatoms. The van der Waals surface area contributed by atoms with Gasteiger partial charge in [-0.05, 0) is 118 Å². The monoisotopic (exact) mass is 1110 g/mol. The fourth-order valence-electron chi connectivity index (χ4n) is 9.78. The number of hydrogen-bond acceptors (Lipinski definition) is 10.